The molecule has 0 amide bonds. The largest absolute Gasteiger partial charge is 0.493 e. The molecule has 24 heavy (non-hydrogen) atoms. The molecule has 0 atom stereocenters. The molecule has 0 saturated carbocycles. The first kappa shape index (κ1) is 21.5. The summed E-state index contributed by atoms with van der Waals surface area (Å²) < 4.78 is 23.6. The fourth-order valence-corrected chi connectivity index (χ4v) is 3.08. The van der Waals surface area contributed by atoms with Crippen molar-refractivity contribution in [2.24, 2.45) is 5.41 Å². The number of hydrogen-bond acceptors (Lipinski definition) is 4. The minimum atomic E-state index is -1.73. The van der Waals surface area contributed by atoms with Crippen molar-refractivity contribution in [3.63, 3.8) is 0 Å². The topological polar surface area (TPSA) is 36.9 Å². The molecule has 1 heterocycles. The van der Waals surface area contributed by atoms with Gasteiger partial charge >= 0.3 is 7.12 Å². The zero-order chi connectivity index (χ0) is 18.6. The number of hydrogen-bond donors (Lipinski definition) is 0. The molecule has 0 bridgehead atoms. The fraction of sp³-hybridized carbons (Fsp3) is 0.778. The molecule has 1 saturated heterocycles. The van der Waals surface area contributed by atoms with Gasteiger partial charge in [0, 0.05) is 18.6 Å². The first-order chi connectivity index (χ1) is 10.9. The molecular formula is C18H35BO4Si. The Bertz CT molecular complexity index is 456. The van der Waals surface area contributed by atoms with Crippen LogP contribution in [0.1, 0.15) is 41.5 Å². The van der Waals surface area contributed by atoms with Crippen molar-refractivity contribution in [2.75, 3.05) is 26.4 Å². The first-order valence-electron chi connectivity index (χ1n) is 8.73. The van der Waals surface area contributed by atoms with Gasteiger partial charge < -0.3 is 18.5 Å². The van der Waals surface area contributed by atoms with Gasteiger partial charge in [0.2, 0.25) is 0 Å². The van der Waals surface area contributed by atoms with Crippen molar-refractivity contribution in [3.05, 3.63) is 23.9 Å². The third-order valence-electron chi connectivity index (χ3n) is 4.79. The Hall–Kier alpha value is -0.558. The van der Waals surface area contributed by atoms with Gasteiger partial charge in [0.1, 0.15) is 12.4 Å². The molecule has 0 aromatic rings. The van der Waals surface area contributed by atoms with E-state index in [1.54, 1.807) is 6.08 Å². The average molecular weight is 354 g/mol. The second kappa shape index (κ2) is 8.21. The molecule has 1 rings (SSSR count). The van der Waals surface area contributed by atoms with E-state index in [4.69, 9.17) is 18.5 Å². The Kier molecular flexibility index (Phi) is 7.35. The van der Waals surface area contributed by atoms with Crippen LogP contribution in [0.4, 0.5) is 0 Å². The lowest BCUT2D eigenvalue weighted by Crippen LogP contribution is -2.42. The summed E-state index contributed by atoms with van der Waals surface area (Å²) >= 11 is 0. The highest BCUT2D eigenvalue weighted by atomic mass is 28.4. The molecule has 1 fully saturated rings. The lowest BCUT2D eigenvalue weighted by molar-refractivity contribution is 0.0314. The summed E-state index contributed by atoms with van der Waals surface area (Å²) in [6.07, 6.45) is 1.72. The van der Waals surface area contributed by atoms with Crippen LogP contribution >= 0.6 is 0 Å². The maximum absolute atomic E-state index is 6.14. The number of ether oxygens (including phenoxy) is 1. The van der Waals surface area contributed by atoms with E-state index in [9.17, 15) is 0 Å². The molecule has 0 N–H and O–H groups in total. The summed E-state index contributed by atoms with van der Waals surface area (Å²) in [5, 5.41) is 0.205. The molecule has 1 aliphatic heterocycles. The van der Waals surface area contributed by atoms with Crippen LogP contribution < -0.4 is 0 Å². The summed E-state index contributed by atoms with van der Waals surface area (Å²) in [5.41, 5.74) is 0.982. The zero-order valence-corrected chi connectivity index (χ0v) is 17.8. The zero-order valence-electron chi connectivity index (χ0n) is 16.8. The Labute approximate surface area is 149 Å². The van der Waals surface area contributed by atoms with Gasteiger partial charge in [-0.1, -0.05) is 41.2 Å². The fourth-order valence-electron chi connectivity index (χ4n) is 2.06. The van der Waals surface area contributed by atoms with Gasteiger partial charge in [0.15, 0.2) is 8.32 Å². The monoisotopic (exact) mass is 354 g/mol. The van der Waals surface area contributed by atoms with Crippen molar-refractivity contribution in [1.82, 2.24) is 0 Å². The number of allylic oxidation sites excluding steroid dienone is 2. The summed E-state index contributed by atoms with van der Waals surface area (Å²) in [4.78, 5) is 0. The van der Waals surface area contributed by atoms with Crippen molar-refractivity contribution in [1.29, 1.82) is 0 Å². The van der Waals surface area contributed by atoms with Gasteiger partial charge in [-0.2, -0.15) is 0 Å². The van der Waals surface area contributed by atoms with Crippen LogP contribution in [-0.2, 0) is 18.5 Å². The van der Waals surface area contributed by atoms with E-state index in [0.29, 0.717) is 26.4 Å². The predicted octanol–water partition coefficient (Wildman–Crippen LogP) is 4.59. The standard InChI is InChI=1S/C18H35BO4Si/c1-10-16(15(2)19-21-13-18(6,7)14-22-19)20-11-12-23-24(8,9)17(3,4)5/h10H,1,11-14H2,2-9H3/b16-15-. The maximum atomic E-state index is 6.14. The SMILES string of the molecule is C=C/C(OCCO[Si](C)(C)C(C)(C)C)=C(\C)B1OCC(C)(C)CO1. The van der Waals surface area contributed by atoms with E-state index in [0.717, 1.165) is 11.2 Å². The van der Waals surface area contributed by atoms with E-state index < -0.39 is 8.32 Å². The Balaban J connectivity index is 2.54. The summed E-state index contributed by atoms with van der Waals surface area (Å²) in [7, 11) is -2.09. The van der Waals surface area contributed by atoms with Gasteiger partial charge in [-0.15, -0.1) is 0 Å². The first-order valence-corrected chi connectivity index (χ1v) is 11.6. The molecule has 0 spiro atoms. The quantitative estimate of drug-likeness (QED) is 0.290. The molecule has 0 aliphatic carbocycles. The van der Waals surface area contributed by atoms with Crippen molar-refractivity contribution in [2.45, 2.75) is 59.7 Å². The van der Waals surface area contributed by atoms with Gasteiger partial charge in [0.05, 0.1) is 6.61 Å². The highest BCUT2D eigenvalue weighted by molar-refractivity contribution is 6.74. The second-order valence-corrected chi connectivity index (χ2v) is 13.6. The molecule has 0 radical (unpaired) electrons. The molecule has 1 aliphatic rings. The van der Waals surface area contributed by atoms with Gasteiger partial charge in [-0.25, -0.2) is 0 Å². The van der Waals surface area contributed by atoms with Crippen LogP contribution in [0.2, 0.25) is 18.1 Å². The minimum absolute atomic E-state index is 0.0585. The molecular weight excluding hydrogens is 319 g/mol. The van der Waals surface area contributed by atoms with Crippen molar-refractivity contribution < 1.29 is 18.5 Å². The lowest BCUT2D eigenvalue weighted by atomic mass is 9.75. The lowest BCUT2D eigenvalue weighted by Gasteiger charge is -2.36. The van der Waals surface area contributed by atoms with Crippen LogP contribution in [0.15, 0.2) is 23.9 Å². The van der Waals surface area contributed by atoms with Gasteiger partial charge in [0.25, 0.3) is 0 Å². The summed E-state index contributed by atoms with van der Waals surface area (Å²) in [5.74, 6) is 0.721. The van der Waals surface area contributed by atoms with Crippen LogP contribution in [0.5, 0.6) is 0 Å². The normalized spacial score (nSPS) is 19.8. The Morgan fingerprint density at radius 2 is 1.75 bits per heavy atom. The van der Waals surface area contributed by atoms with Crippen molar-refractivity contribution in [3.8, 4) is 0 Å². The van der Waals surface area contributed by atoms with E-state index in [1.807, 2.05) is 6.92 Å². The summed E-state index contributed by atoms with van der Waals surface area (Å²) in [6.45, 7) is 23.7. The van der Waals surface area contributed by atoms with E-state index in [1.165, 1.54) is 0 Å². The molecule has 6 heteroatoms. The Morgan fingerprint density at radius 3 is 2.21 bits per heavy atom. The minimum Gasteiger partial charge on any atom is -0.492 e. The maximum Gasteiger partial charge on any atom is 0.493 e. The van der Waals surface area contributed by atoms with E-state index in [2.05, 4.69) is 54.3 Å². The van der Waals surface area contributed by atoms with Crippen molar-refractivity contribution >= 4 is 15.4 Å². The average Bonchev–Trinajstić information content (AvgIpc) is 2.45. The predicted molar refractivity (Wildman–Crippen MR) is 103 cm³/mol. The third-order valence-corrected chi connectivity index (χ3v) is 9.33. The highest BCUT2D eigenvalue weighted by Gasteiger charge is 2.37. The Morgan fingerprint density at radius 1 is 1.21 bits per heavy atom. The number of rotatable bonds is 7. The van der Waals surface area contributed by atoms with Gasteiger partial charge in [-0.05, 0) is 36.6 Å². The van der Waals surface area contributed by atoms with E-state index in [-0.39, 0.29) is 17.6 Å². The van der Waals surface area contributed by atoms with Crippen LogP contribution in [-0.4, -0.2) is 41.9 Å². The smallest absolute Gasteiger partial charge is 0.492 e. The molecule has 0 aromatic heterocycles. The molecule has 0 unspecified atom stereocenters. The van der Waals surface area contributed by atoms with Crippen LogP contribution in [0.25, 0.3) is 0 Å². The highest BCUT2D eigenvalue weighted by Crippen LogP contribution is 2.36. The molecule has 0 aromatic carbocycles. The van der Waals surface area contributed by atoms with Gasteiger partial charge in [-0.3, -0.25) is 0 Å². The van der Waals surface area contributed by atoms with Crippen LogP contribution in [0.3, 0.4) is 0 Å². The summed E-state index contributed by atoms with van der Waals surface area (Å²) in [6, 6.07) is 0. The molecule has 4 nitrogen and oxygen atoms in total. The molecule has 138 valence electrons. The third kappa shape index (κ3) is 6.06. The van der Waals surface area contributed by atoms with Crippen LogP contribution in [0, 0.1) is 5.41 Å². The van der Waals surface area contributed by atoms with E-state index >= 15 is 0 Å². The second-order valence-electron chi connectivity index (χ2n) is 8.83.